The van der Waals surface area contributed by atoms with Crippen LogP contribution < -0.4 is 10.6 Å². The third-order valence-electron chi connectivity index (χ3n) is 3.13. The molecule has 3 N–H and O–H groups in total. The largest absolute Gasteiger partial charge is 0.481 e. The molecule has 3 amide bonds. The molecule has 2 rings (SSSR count). The summed E-state index contributed by atoms with van der Waals surface area (Å²) in [6.45, 7) is 1.25. The number of nitrogens with zero attached hydrogens (tertiary/aromatic N) is 1. The molecule has 7 heteroatoms. The number of amides is 3. The quantitative estimate of drug-likeness (QED) is 0.762. The summed E-state index contributed by atoms with van der Waals surface area (Å²) >= 11 is 0. The molecule has 7 nitrogen and oxygen atoms in total. The molecule has 1 aliphatic rings. The smallest absolute Gasteiger partial charge is 0.321 e. The lowest BCUT2D eigenvalue weighted by molar-refractivity contribution is -0.136. The monoisotopic (exact) mass is 291 g/mol. The average molecular weight is 291 g/mol. The predicted octanol–water partition coefficient (Wildman–Crippen LogP) is 0.667. The van der Waals surface area contributed by atoms with Crippen LogP contribution in [0.15, 0.2) is 24.3 Å². The Bertz CT molecular complexity index is 559. The first-order valence-corrected chi connectivity index (χ1v) is 6.68. The molecule has 0 bridgehead atoms. The summed E-state index contributed by atoms with van der Waals surface area (Å²) in [4.78, 5) is 35.6. The van der Waals surface area contributed by atoms with Crippen molar-refractivity contribution in [1.82, 2.24) is 10.2 Å². The zero-order chi connectivity index (χ0) is 15.2. The average Bonchev–Trinajstić information content (AvgIpc) is 2.63. The van der Waals surface area contributed by atoms with Crippen molar-refractivity contribution in [2.45, 2.75) is 12.8 Å². The van der Waals surface area contributed by atoms with Gasteiger partial charge in [-0.15, -0.1) is 0 Å². The van der Waals surface area contributed by atoms with Gasteiger partial charge in [0.2, 0.25) is 5.91 Å². The number of anilines is 1. The number of aliphatic carboxylic acids is 1. The van der Waals surface area contributed by atoms with Gasteiger partial charge in [-0.1, -0.05) is 12.1 Å². The van der Waals surface area contributed by atoms with Crippen LogP contribution in [-0.4, -0.2) is 47.5 Å². The fourth-order valence-electron chi connectivity index (χ4n) is 2.11. The standard InChI is InChI=1S/C14H17N3O4/c18-12-4-6-17(7-5-15-12)14(21)16-11-3-1-2-10(8-11)9-13(19)20/h1-3,8H,4-7,9H2,(H,15,18)(H,16,21)(H,19,20). The lowest BCUT2D eigenvalue weighted by atomic mass is 10.1. The summed E-state index contributed by atoms with van der Waals surface area (Å²) in [5.41, 5.74) is 1.16. The van der Waals surface area contributed by atoms with Crippen LogP contribution in [0.25, 0.3) is 0 Å². The second-order valence-corrected chi connectivity index (χ2v) is 4.79. The van der Waals surface area contributed by atoms with Crippen molar-refractivity contribution in [2.24, 2.45) is 0 Å². The normalized spacial score (nSPS) is 15.0. The fourth-order valence-corrected chi connectivity index (χ4v) is 2.11. The molecule has 1 aromatic rings. The predicted molar refractivity (Wildman–Crippen MR) is 76.0 cm³/mol. The SMILES string of the molecule is O=C(O)Cc1cccc(NC(=O)N2CCNC(=O)CC2)c1. The number of nitrogens with one attached hydrogen (secondary N) is 2. The number of benzene rings is 1. The molecule has 0 aromatic heterocycles. The van der Waals surface area contributed by atoms with Crippen molar-refractivity contribution in [3.8, 4) is 0 Å². The van der Waals surface area contributed by atoms with E-state index in [2.05, 4.69) is 10.6 Å². The number of carboxylic acids is 1. The van der Waals surface area contributed by atoms with E-state index in [4.69, 9.17) is 5.11 Å². The number of hydrogen-bond acceptors (Lipinski definition) is 3. The summed E-state index contributed by atoms with van der Waals surface area (Å²) < 4.78 is 0. The van der Waals surface area contributed by atoms with Crippen molar-refractivity contribution in [3.63, 3.8) is 0 Å². The minimum Gasteiger partial charge on any atom is -0.481 e. The molecule has 0 aliphatic carbocycles. The maximum Gasteiger partial charge on any atom is 0.321 e. The van der Waals surface area contributed by atoms with Gasteiger partial charge in [-0.25, -0.2) is 4.79 Å². The molecule has 0 unspecified atom stereocenters. The van der Waals surface area contributed by atoms with Crippen LogP contribution >= 0.6 is 0 Å². The van der Waals surface area contributed by atoms with Gasteiger partial charge in [0, 0.05) is 31.7 Å². The molecule has 1 aromatic carbocycles. The third kappa shape index (κ3) is 4.48. The van der Waals surface area contributed by atoms with Gasteiger partial charge in [-0.3, -0.25) is 9.59 Å². The first kappa shape index (κ1) is 14.8. The summed E-state index contributed by atoms with van der Waals surface area (Å²) in [6.07, 6.45) is 0.193. The molecular formula is C14H17N3O4. The highest BCUT2D eigenvalue weighted by Crippen LogP contribution is 2.12. The highest BCUT2D eigenvalue weighted by atomic mass is 16.4. The summed E-state index contributed by atoms with van der Waals surface area (Å²) in [7, 11) is 0. The van der Waals surface area contributed by atoms with Crippen LogP contribution in [0.1, 0.15) is 12.0 Å². The van der Waals surface area contributed by atoms with Crippen LogP contribution in [-0.2, 0) is 16.0 Å². The highest BCUT2D eigenvalue weighted by molar-refractivity contribution is 5.90. The van der Waals surface area contributed by atoms with E-state index in [9.17, 15) is 14.4 Å². The second kappa shape index (κ2) is 6.74. The van der Waals surface area contributed by atoms with Gasteiger partial charge in [0.25, 0.3) is 0 Å². The van der Waals surface area contributed by atoms with E-state index < -0.39 is 5.97 Å². The Hall–Kier alpha value is -2.57. The van der Waals surface area contributed by atoms with Crippen molar-refractivity contribution in [3.05, 3.63) is 29.8 Å². The molecule has 1 aliphatic heterocycles. The Kier molecular flexibility index (Phi) is 4.76. The Morgan fingerprint density at radius 1 is 1.33 bits per heavy atom. The number of rotatable bonds is 3. The van der Waals surface area contributed by atoms with E-state index >= 15 is 0 Å². The molecule has 112 valence electrons. The van der Waals surface area contributed by atoms with Gasteiger partial charge in [0.1, 0.15) is 0 Å². The van der Waals surface area contributed by atoms with E-state index in [1.54, 1.807) is 29.2 Å². The minimum atomic E-state index is -0.921. The van der Waals surface area contributed by atoms with Gasteiger partial charge in [0.15, 0.2) is 0 Å². The fraction of sp³-hybridized carbons (Fsp3) is 0.357. The number of urea groups is 1. The highest BCUT2D eigenvalue weighted by Gasteiger charge is 2.18. The van der Waals surface area contributed by atoms with Crippen molar-refractivity contribution in [2.75, 3.05) is 25.0 Å². The number of carbonyl (C=O) groups excluding carboxylic acids is 2. The van der Waals surface area contributed by atoms with Gasteiger partial charge in [0.05, 0.1) is 6.42 Å². The van der Waals surface area contributed by atoms with Crippen molar-refractivity contribution >= 4 is 23.6 Å². The van der Waals surface area contributed by atoms with Gasteiger partial charge >= 0.3 is 12.0 Å². The maximum absolute atomic E-state index is 12.1. The van der Waals surface area contributed by atoms with Crippen LogP contribution in [0.4, 0.5) is 10.5 Å². The van der Waals surface area contributed by atoms with E-state index in [1.807, 2.05) is 0 Å². The van der Waals surface area contributed by atoms with E-state index in [0.717, 1.165) is 0 Å². The lowest BCUT2D eigenvalue weighted by Crippen LogP contribution is -2.37. The molecular weight excluding hydrogens is 274 g/mol. The van der Waals surface area contributed by atoms with Crippen LogP contribution in [0, 0.1) is 0 Å². The first-order valence-electron chi connectivity index (χ1n) is 6.68. The minimum absolute atomic E-state index is 0.0613. The zero-order valence-electron chi connectivity index (χ0n) is 11.5. The third-order valence-corrected chi connectivity index (χ3v) is 3.13. The van der Waals surface area contributed by atoms with Gasteiger partial charge in [-0.2, -0.15) is 0 Å². The second-order valence-electron chi connectivity index (χ2n) is 4.79. The van der Waals surface area contributed by atoms with Crippen LogP contribution in [0.5, 0.6) is 0 Å². The molecule has 1 saturated heterocycles. The summed E-state index contributed by atoms with van der Waals surface area (Å²) in [6, 6.07) is 6.43. The zero-order valence-corrected chi connectivity index (χ0v) is 11.5. The molecule has 1 fully saturated rings. The van der Waals surface area contributed by atoms with E-state index in [1.165, 1.54) is 0 Å². The maximum atomic E-state index is 12.1. The van der Waals surface area contributed by atoms with Crippen molar-refractivity contribution < 1.29 is 19.5 Å². The molecule has 0 radical (unpaired) electrons. The number of carboxylic acid groups (broad SMARTS) is 1. The number of carbonyl (C=O) groups is 3. The van der Waals surface area contributed by atoms with Crippen molar-refractivity contribution in [1.29, 1.82) is 0 Å². The summed E-state index contributed by atoms with van der Waals surface area (Å²) in [5, 5.41) is 14.2. The first-order chi connectivity index (χ1) is 10.0. The Balaban J connectivity index is 1.98. The van der Waals surface area contributed by atoms with E-state index in [0.29, 0.717) is 30.9 Å². The molecule has 0 spiro atoms. The molecule has 0 saturated carbocycles. The molecule has 21 heavy (non-hydrogen) atoms. The number of hydrogen-bond donors (Lipinski definition) is 3. The lowest BCUT2D eigenvalue weighted by Gasteiger charge is -2.20. The van der Waals surface area contributed by atoms with Gasteiger partial charge < -0.3 is 20.6 Å². The topological polar surface area (TPSA) is 98.7 Å². The van der Waals surface area contributed by atoms with Crippen LogP contribution in [0.2, 0.25) is 0 Å². The Morgan fingerprint density at radius 3 is 2.90 bits per heavy atom. The van der Waals surface area contributed by atoms with E-state index in [-0.39, 0.29) is 24.8 Å². The molecule has 1 heterocycles. The van der Waals surface area contributed by atoms with Gasteiger partial charge in [-0.05, 0) is 17.7 Å². The molecule has 0 atom stereocenters. The Labute approximate surface area is 121 Å². The summed E-state index contributed by atoms with van der Waals surface area (Å²) in [5.74, 6) is -0.982. The Morgan fingerprint density at radius 2 is 2.14 bits per heavy atom. The van der Waals surface area contributed by atoms with Crippen LogP contribution in [0.3, 0.4) is 0 Å².